The van der Waals surface area contributed by atoms with Gasteiger partial charge in [0.2, 0.25) is 5.88 Å². The fraction of sp³-hybridized carbons (Fsp3) is 0.231. The number of nitrogens with zero attached hydrogens (tertiary/aromatic N) is 2. The van der Waals surface area contributed by atoms with Crippen LogP contribution in [0.5, 0.6) is 11.6 Å². The third-order valence-electron chi connectivity index (χ3n) is 2.36. The maximum atomic E-state index is 13.5. The molecule has 2 rings (SSSR count). The number of halogens is 1. The van der Waals surface area contributed by atoms with E-state index in [0.29, 0.717) is 12.4 Å². The molecule has 1 heterocycles. The van der Waals surface area contributed by atoms with E-state index in [1.54, 1.807) is 24.4 Å². The minimum Gasteiger partial charge on any atom is -0.435 e. The molecule has 0 radical (unpaired) electrons. The molecule has 0 aliphatic heterocycles. The molecule has 0 unspecified atom stereocenters. The van der Waals surface area contributed by atoms with Crippen molar-refractivity contribution in [3.05, 3.63) is 48.2 Å². The molecule has 18 heavy (non-hydrogen) atoms. The van der Waals surface area contributed by atoms with Crippen molar-refractivity contribution < 1.29 is 9.13 Å². The van der Waals surface area contributed by atoms with Gasteiger partial charge in [-0.25, -0.2) is 14.4 Å². The average molecular weight is 247 g/mol. The fourth-order valence-corrected chi connectivity index (χ4v) is 1.45. The number of ether oxygens (including phenoxy) is 1. The van der Waals surface area contributed by atoms with Crippen molar-refractivity contribution in [2.45, 2.75) is 13.5 Å². The molecule has 0 bridgehead atoms. The van der Waals surface area contributed by atoms with E-state index in [2.05, 4.69) is 15.3 Å². The van der Waals surface area contributed by atoms with Crippen LogP contribution in [-0.4, -0.2) is 16.5 Å². The van der Waals surface area contributed by atoms with Gasteiger partial charge in [0.15, 0.2) is 11.6 Å². The van der Waals surface area contributed by atoms with E-state index in [4.69, 9.17) is 4.74 Å². The van der Waals surface area contributed by atoms with Gasteiger partial charge in [-0.05, 0) is 18.7 Å². The Morgan fingerprint density at radius 3 is 2.94 bits per heavy atom. The standard InChI is InChI=1S/C13H14FN3O/c1-2-15-7-10-8-16-9-17-13(10)18-12-6-4-3-5-11(12)14/h3-6,8-9,15H,2,7H2,1H3. The van der Waals surface area contributed by atoms with Gasteiger partial charge >= 0.3 is 0 Å². The Bertz CT molecular complexity index is 519. The molecule has 0 saturated heterocycles. The van der Waals surface area contributed by atoms with Crippen LogP contribution in [0.2, 0.25) is 0 Å². The summed E-state index contributed by atoms with van der Waals surface area (Å²) in [5.41, 5.74) is 0.794. The van der Waals surface area contributed by atoms with Crippen LogP contribution in [0.3, 0.4) is 0 Å². The van der Waals surface area contributed by atoms with Crippen LogP contribution in [0, 0.1) is 5.82 Å². The predicted molar refractivity (Wildman–Crippen MR) is 65.9 cm³/mol. The molecule has 5 heteroatoms. The molecular weight excluding hydrogens is 233 g/mol. The van der Waals surface area contributed by atoms with E-state index >= 15 is 0 Å². The smallest absolute Gasteiger partial charge is 0.226 e. The van der Waals surface area contributed by atoms with Gasteiger partial charge in [-0.15, -0.1) is 0 Å². The van der Waals surface area contributed by atoms with Crippen LogP contribution in [-0.2, 0) is 6.54 Å². The fourth-order valence-electron chi connectivity index (χ4n) is 1.45. The molecule has 0 amide bonds. The van der Waals surface area contributed by atoms with Crippen LogP contribution in [0.4, 0.5) is 4.39 Å². The number of para-hydroxylation sites is 1. The highest BCUT2D eigenvalue weighted by atomic mass is 19.1. The third-order valence-corrected chi connectivity index (χ3v) is 2.36. The summed E-state index contributed by atoms with van der Waals surface area (Å²) in [7, 11) is 0. The molecule has 2 aromatic rings. The molecular formula is C13H14FN3O. The number of hydrogen-bond acceptors (Lipinski definition) is 4. The van der Waals surface area contributed by atoms with E-state index in [-0.39, 0.29) is 5.75 Å². The first-order valence-corrected chi connectivity index (χ1v) is 5.73. The molecule has 94 valence electrons. The van der Waals surface area contributed by atoms with Gasteiger partial charge in [0.05, 0.1) is 0 Å². The second-order valence-corrected chi connectivity index (χ2v) is 3.67. The van der Waals surface area contributed by atoms with Gasteiger partial charge in [0.1, 0.15) is 6.33 Å². The number of nitrogens with one attached hydrogen (secondary N) is 1. The van der Waals surface area contributed by atoms with Crippen molar-refractivity contribution in [2.24, 2.45) is 0 Å². The monoisotopic (exact) mass is 247 g/mol. The van der Waals surface area contributed by atoms with E-state index < -0.39 is 5.82 Å². The number of benzene rings is 1. The molecule has 0 fully saturated rings. The molecule has 0 saturated carbocycles. The summed E-state index contributed by atoms with van der Waals surface area (Å²) < 4.78 is 18.9. The third kappa shape index (κ3) is 3.01. The maximum absolute atomic E-state index is 13.5. The van der Waals surface area contributed by atoms with Crippen molar-refractivity contribution in [3.8, 4) is 11.6 Å². The molecule has 0 aliphatic carbocycles. The van der Waals surface area contributed by atoms with Gasteiger partial charge in [-0.3, -0.25) is 0 Å². The van der Waals surface area contributed by atoms with Gasteiger partial charge in [0.25, 0.3) is 0 Å². The van der Waals surface area contributed by atoms with Gasteiger partial charge in [-0.2, -0.15) is 0 Å². The lowest BCUT2D eigenvalue weighted by Crippen LogP contribution is -2.13. The van der Waals surface area contributed by atoms with E-state index in [1.165, 1.54) is 12.4 Å². The van der Waals surface area contributed by atoms with Gasteiger partial charge < -0.3 is 10.1 Å². The van der Waals surface area contributed by atoms with Crippen LogP contribution in [0.15, 0.2) is 36.8 Å². The lowest BCUT2D eigenvalue weighted by Gasteiger charge is -2.09. The van der Waals surface area contributed by atoms with Crippen LogP contribution >= 0.6 is 0 Å². The molecule has 1 aromatic heterocycles. The maximum Gasteiger partial charge on any atom is 0.226 e. The zero-order valence-corrected chi connectivity index (χ0v) is 10.1. The van der Waals surface area contributed by atoms with Gasteiger partial charge in [-0.1, -0.05) is 19.1 Å². The van der Waals surface area contributed by atoms with E-state index in [0.717, 1.165) is 12.1 Å². The first-order chi connectivity index (χ1) is 8.81. The molecule has 4 nitrogen and oxygen atoms in total. The normalized spacial score (nSPS) is 10.3. The first-order valence-electron chi connectivity index (χ1n) is 5.73. The van der Waals surface area contributed by atoms with Gasteiger partial charge in [0, 0.05) is 18.3 Å². The molecule has 1 N–H and O–H groups in total. The van der Waals surface area contributed by atoms with Crippen molar-refractivity contribution in [3.63, 3.8) is 0 Å². The summed E-state index contributed by atoms with van der Waals surface area (Å²) in [6.45, 7) is 3.41. The summed E-state index contributed by atoms with van der Waals surface area (Å²) in [4.78, 5) is 7.97. The summed E-state index contributed by atoms with van der Waals surface area (Å²) >= 11 is 0. The Hall–Kier alpha value is -2.01. The minimum atomic E-state index is -0.412. The molecule has 0 atom stereocenters. The Labute approximate surface area is 105 Å². The number of aromatic nitrogens is 2. The highest BCUT2D eigenvalue weighted by Crippen LogP contribution is 2.24. The molecule has 0 spiro atoms. The Morgan fingerprint density at radius 2 is 2.17 bits per heavy atom. The van der Waals surface area contributed by atoms with Crippen LogP contribution in [0.25, 0.3) is 0 Å². The second-order valence-electron chi connectivity index (χ2n) is 3.67. The number of hydrogen-bond donors (Lipinski definition) is 1. The average Bonchev–Trinajstić information content (AvgIpc) is 2.40. The lowest BCUT2D eigenvalue weighted by molar-refractivity contribution is 0.419. The Morgan fingerprint density at radius 1 is 1.33 bits per heavy atom. The summed E-state index contributed by atoms with van der Waals surface area (Å²) in [6.07, 6.45) is 3.04. The largest absolute Gasteiger partial charge is 0.435 e. The van der Waals surface area contributed by atoms with Crippen LogP contribution in [0.1, 0.15) is 12.5 Å². The molecule has 1 aromatic carbocycles. The zero-order valence-electron chi connectivity index (χ0n) is 10.1. The SMILES string of the molecule is CCNCc1cncnc1Oc1ccccc1F. The quantitative estimate of drug-likeness (QED) is 0.882. The zero-order chi connectivity index (χ0) is 12.8. The van der Waals surface area contributed by atoms with E-state index in [1.807, 2.05) is 6.92 Å². The van der Waals surface area contributed by atoms with Crippen LogP contribution < -0.4 is 10.1 Å². The highest BCUT2D eigenvalue weighted by molar-refractivity contribution is 5.31. The Kier molecular flexibility index (Phi) is 4.20. The van der Waals surface area contributed by atoms with E-state index in [9.17, 15) is 4.39 Å². The van der Waals surface area contributed by atoms with Crippen molar-refractivity contribution >= 4 is 0 Å². The summed E-state index contributed by atoms with van der Waals surface area (Å²) in [6, 6.07) is 6.24. The van der Waals surface area contributed by atoms with Crippen molar-refractivity contribution in [2.75, 3.05) is 6.54 Å². The summed E-state index contributed by atoms with van der Waals surface area (Å²) in [5.74, 6) is 0.121. The second kappa shape index (κ2) is 6.07. The number of rotatable bonds is 5. The lowest BCUT2D eigenvalue weighted by atomic mass is 10.3. The predicted octanol–water partition coefficient (Wildman–Crippen LogP) is 2.52. The first kappa shape index (κ1) is 12.4. The van der Waals surface area contributed by atoms with Crippen molar-refractivity contribution in [1.82, 2.24) is 15.3 Å². The highest BCUT2D eigenvalue weighted by Gasteiger charge is 2.09. The topological polar surface area (TPSA) is 47.0 Å². The molecule has 0 aliphatic rings. The Balaban J connectivity index is 2.21. The minimum absolute atomic E-state index is 0.161. The summed E-state index contributed by atoms with van der Waals surface area (Å²) in [5, 5.41) is 3.15. The van der Waals surface area contributed by atoms with Crippen molar-refractivity contribution in [1.29, 1.82) is 0 Å².